The molecule has 0 radical (unpaired) electrons. The minimum atomic E-state index is -0.759. The molecule has 0 N–H and O–H groups in total. The Labute approximate surface area is 218 Å². The SMILES string of the molecule is C=CCOC(=O)C1=C(C)N=c2s/c(=C/c3ccc(C(C)C)cc3)c(=O)n2C1c1ccc(OC(C)=O)cc1. The van der Waals surface area contributed by atoms with Crippen molar-refractivity contribution in [1.82, 2.24) is 4.57 Å². The lowest BCUT2D eigenvalue weighted by Gasteiger charge is -2.24. The number of allylic oxidation sites excluding steroid dienone is 1. The van der Waals surface area contributed by atoms with Crippen LogP contribution in [0.4, 0.5) is 0 Å². The molecule has 0 saturated heterocycles. The molecule has 2 aromatic carbocycles. The van der Waals surface area contributed by atoms with Crippen LogP contribution in [0.2, 0.25) is 0 Å². The minimum Gasteiger partial charge on any atom is -0.458 e. The first-order valence-corrected chi connectivity index (χ1v) is 12.7. The topological polar surface area (TPSA) is 87.0 Å². The normalized spacial score (nSPS) is 15.3. The number of benzene rings is 2. The van der Waals surface area contributed by atoms with Crippen molar-refractivity contribution in [2.45, 2.75) is 39.7 Å². The molecule has 7 nitrogen and oxygen atoms in total. The molecule has 0 aliphatic carbocycles. The Kier molecular flexibility index (Phi) is 7.69. The first-order chi connectivity index (χ1) is 17.7. The second kappa shape index (κ2) is 10.9. The number of esters is 2. The van der Waals surface area contributed by atoms with Crippen molar-refractivity contribution in [2.24, 2.45) is 4.99 Å². The Balaban J connectivity index is 1.86. The van der Waals surface area contributed by atoms with E-state index in [9.17, 15) is 14.4 Å². The molecule has 0 amide bonds. The number of fused-ring (bicyclic) bond motifs is 1. The van der Waals surface area contributed by atoms with Crippen LogP contribution in [0.5, 0.6) is 5.75 Å². The van der Waals surface area contributed by atoms with E-state index in [1.807, 2.05) is 18.2 Å². The van der Waals surface area contributed by atoms with Crippen LogP contribution >= 0.6 is 11.3 Å². The third-order valence-electron chi connectivity index (χ3n) is 5.93. The average Bonchev–Trinajstić information content (AvgIpc) is 3.16. The van der Waals surface area contributed by atoms with E-state index in [4.69, 9.17) is 9.47 Å². The molecular weight excluding hydrogens is 488 g/mol. The van der Waals surface area contributed by atoms with E-state index in [0.29, 0.717) is 32.3 Å². The Hall–Kier alpha value is -4.04. The van der Waals surface area contributed by atoms with Crippen LogP contribution < -0.4 is 19.6 Å². The summed E-state index contributed by atoms with van der Waals surface area (Å²) in [6.07, 6.45) is 3.32. The monoisotopic (exact) mass is 516 g/mol. The number of hydrogen-bond donors (Lipinski definition) is 0. The molecule has 37 heavy (non-hydrogen) atoms. The Morgan fingerprint density at radius 1 is 1.14 bits per heavy atom. The Morgan fingerprint density at radius 3 is 2.41 bits per heavy atom. The van der Waals surface area contributed by atoms with Gasteiger partial charge in [0, 0.05) is 6.92 Å². The van der Waals surface area contributed by atoms with Crippen LogP contribution in [0, 0.1) is 0 Å². The summed E-state index contributed by atoms with van der Waals surface area (Å²) >= 11 is 1.27. The zero-order chi connectivity index (χ0) is 26.7. The van der Waals surface area contributed by atoms with Gasteiger partial charge in [-0.25, -0.2) is 9.79 Å². The molecule has 8 heteroatoms. The molecule has 0 spiro atoms. The highest BCUT2D eigenvalue weighted by molar-refractivity contribution is 7.07. The second-order valence-electron chi connectivity index (χ2n) is 8.95. The van der Waals surface area contributed by atoms with E-state index in [-0.39, 0.29) is 17.7 Å². The predicted octanol–water partition coefficient (Wildman–Crippen LogP) is 4.01. The van der Waals surface area contributed by atoms with Crippen LogP contribution in [0.15, 0.2) is 82.2 Å². The van der Waals surface area contributed by atoms with E-state index in [1.54, 1.807) is 31.2 Å². The number of aromatic nitrogens is 1. The maximum Gasteiger partial charge on any atom is 0.338 e. The first-order valence-electron chi connectivity index (χ1n) is 11.9. The minimum absolute atomic E-state index is 0.0323. The van der Waals surface area contributed by atoms with E-state index < -0.39 is 18.0 Å². The maximum atomic E-state index is 13.7. The van der Waals surface area contributed by atoms with Gasteiger partial charge < -0.3 is 9.47 Å². The number of hydrogen-bond acceptors (Lipinski definition) is 7. The van der Waals surface area contributed by atoms with Crippen molar-refractivity contribution < 1.29 is 19.1 Å². The van der Waals surface area contributed by atoms with E-state index >= 15 is 0 Å². The molecule has 2 heterocycles. The van der Waals surface area contributed by atoms with Crippen LogP contribution in [0.1, 0.15) is 56.3 Å². The summed E-state index contributed by atoms with van der Waals surface area (Å²) in [6, 6.07) is 14.0. The third kappa shape index (κ3) is 5.54. The van der Waals surface area contributed by atoms with Gasteiger partial charge in [-0.3, -0.25) is 14.2 Å². The van der Waals surface area contributed by atoms with Gasteiger partial charge in [0.1, 0.15) is 12.4 Å². The van der Waals surface area contributed by atoms with Crippen LogP contribution in [-0.2, 0) is 14.3 Å². The van der Waals surface area contributed by atoms with Gasteiger partial charge in [-0.15, -0.1) is 0 Å². The van der Waals surface area contributed by atoms with E-state index in [2.05, 4.69) is 37.6 Å². The first kappa shape index (κ1) is 26.0. The van der Waals surface area contributed by atoms with Crippen molar-refractivity contribution in [1.29, 1.82) is 0 Å². The highest BCUT2D eigenvalue weighted by Gasteiger charge is 2.33. The van der Waals surface area contributed by atoms with Crippen molar-refractivity contribution in [3.8, 4) is 5.75 Å². The smallest absolute Gasteiger partial charge is 0.338 e. The third-order valence-corrected chi connectivity index (χ3v) is 6.92. The summed E-state index contributed by atoms with van der Waals surface area (Å²) in [6.45, 7) is 10.9. The van der Waals surface area contributed by atoms with Gasteiger partial charge >= 0.3 is 11.9 Å². The zero-order valence-electron chi connectivity index (χ0n) is 21.2. The molecule has 4 rings (SSSR count). The fraction of sp³-hybridized carbons (Fsp3) is 0.241. The Bertz CT molecular complexity index is 1560. The van der Waals surface area contributed by atoms with Crippen LogP contribution in [0.3, 0.4) is 0 Å². The highest BCUT2D eigenvalue weighted by atomic mass is 32.1. The molecular formula is C29H28N2O5S. The van der Waals surface area contributed by atoms with Gasteiger partial charge in [0.25, 0.3) is 5.56 Å². The summed E-state index contributed by atoms with van der Waals surface area (Å²) in [7, 11) is 0. The molecule has 0 fully saturated rings. The molecule has 1 aliphatic heterocycles. The zero-order valence-corrected chi connectivity index (χ0v) is 22.0. The second-order valence-corrected chi connectivity index (χ2v) is 9.96. The summed E-state index contributed by atoms with van der Waals surface area (Å²) < 4.78 is 12.5. The van der Waals surface area contributed by atoms with Crippen molar-refractivity contribution in [2.75, 3.05) is 6.61 Å². The Morgan fingerprint density at radius 2 is 1.81 bits per heavy atom. The molecule has 1 aliphatic rings. The molecule has 190 valence electrons. The lowest BCUT2D eigenvalue weighted by molar-refractivity contribution is -0.138. The highest BCUT2D eigenvalue weighted by Crippen LogP contribution is 2.31. The molecule has 1 atom stereocenters. The number of thiazole rings is 1. The predicted molar refractivity (Wildman–Crippen MR) is 143 cm³/mol. The number of ether oxygens (including phenoxy) is 2. The van der Waals surface area contributed by atoms with Crippen molar-refractivity contribution in [3.05, 3.63) is 109 Å². The summed E-state index contributed by atoms with van der Waals surface area (Å²) in [4.78, 5) is 43.2. The molecule has 0 bridgehead atoms. The van der Waals surface area contributed by atoms with Crippen molar-refractivity contribution in [3.63, 3.8) is 0 Å². The number of carbonyl (C=O) groups is 2. The summed E-state index contributed by atoms with van der Waals surface area (Å²) in [5.41, 5.74) is 3.25. The van der Waals surface area contributed by atoms with Crippen LogP contribution in [-0.4, -0.2) is 23.1 Å². The molecule has 1 aromatic heterocycles. The average molecular weight is 517 g/mol. The largest absolute Gasteiger partial charge is 0.458 e. The van der Waals surface area contributed by atoms with Gasteiger partial charge in [-0.2, -0.15) is 0 Å². The molecule has 0 saturated carbocycles. The standard InChI is InChI=1S/C29H28N2O5S/c1-6-15-35-28(34)25-18(4)30-29-31(26(25)22-11-13-23(14-12-22)36-19(5)32)27(33)24(37-29)16-20-7-9-21(10-8-20)17(2)3/h6-14,16-17,26H,1,15H2,2-5H3/b24-16+. The molecule has 3 aromatic rings. The lowest BCUT2D eigenvalue weighted by Crippen LogP contribution is -2.39. The summed E-state index contributed by atoms with van der Waals surface area (Å²) in [5, 5.41) is 0. The molecule has 1 unspecified atom stereocenters. The quantitative estimate of drug-likeness (QED) is 0.269. The van der Waals surface area contributed by atoms with Gasteiger partial charge in [0.15, 0.2) is 4.80 Å². The van der Waals surface area contributed by atoms with Crippen molar-refractivity contribution >= 4 is 29.4 Å². The fourth-order valence-corrected chi connectivity index (χ4v) is 5.17. The number of carbonyl (C=O) groups excluding carboxylic acids is 2. The van der Waals surface area contributed by atoms with Crippen LogP contribution in [0.25, 0.3) is 6.08 Å². The number of nitrogens with zero attached hydrogens (tertiary/aromatic N) is 2. The van der Waals surface area contributed by atoms with Gasteiger partial charge in [-0.05, 0) is 47.7 Å². The van der Waals surface area contributed by atoms with Gasteiger partial charge in [0.05, 0.1) is 21.8 Å². The lowest BCUT2D eigenvalue weighted by atomic mass is 9.96. The van der Waals surface area contributed by atoms with E-state index in [0.717, 1.165) is 5.56 Å². The summed E-state index contributed by atoms with van der Waals surface area (Å²) in [5.74, 6) is -0.237. The maximum absolute atomic E-state index is 13.7. The fourth-order valence-electron chi connectivity index (χ4n) is 4.12. The van der Waals surface area contributed by atoms with Gasteiger partial charge in [-0.1, -0.05) is 74.2 Å². The van der Waals surface area contributed by atoms with Gasteiger partial charge in [0.2, 0.25) is 0 Å². The number of rotatable bonds is 7. The van der Waals surface area contributed by atoms with E-state index in [1.165, 1.54) is 34.5 Å².